The molecule has 0 saturated carbocycles. The summed E-state index contributed by atoms with van der Waals surface area (Å²) >= 11 is 0. The molecule has 4 rings (SSSR count). The zero-order valence-electron chi connectivity index (χ0n) is 12.0. The van der Waals surface area contributed by atoms with Gasteiger partial charge in [0.2, 0.25) is 0 Å². The normalized spacial score (nSPS) is 11.1. The minimum absolute atomic E-state index is 0.672. The predicted molar refractivity (Wildman–Crippen MR) is 88.4 cm³/mol. The Hall–Kier alpha value is -2.87. The zero-order chi connectivity index (χ0) is 14.9. The van der Waals surface area contributed by atoms with Crippen molar-refractivity contribution >= 4 is 28.0 Å². The van der Waals surface area contributed by atoms with E-state index in [1.54, 1.807) is 6.07 Å². The molecule has 1 aromatic heterocycles. The van der Waals surface area contributed by atoms with Crippen LogP contribution in [-0.4, -0.2) is 6.29 Å². The van der Waals surface area contributed by atoms with Gasteiger partial charge in [0.1, 0.15) is 17.6 Å². The number of aldehydes is 1. The SMILES string of the molecule is O=Cc1ccc2oc(Cc3ccc4ccccc4c3)cc2c1. The van der Waals surface area contributed by atoms with Crippen LogP contribution in [0.3, 0.4) is 0 Å². The van der Waals surface area contributed by atoms with Gasteiger partial charge in [-0.25, -0.2) is 0 Å². The second-order valence-corrected chi connectivity index (χ2v) is 5.49. The number of rotatable bonds is 3. The van der Waals surface area contributed by atoms with Gasteiger partial charge in [-0.1, -0.05) is 42.5 Å². The molecule has 0 unspecified atom stereocenters. The summed E-state index contributed by atoms with van der Waals surface area (Å²) < 4.78 is 5.87. The van der Waals surface area contributed by atoms with Crippen molar-refractivity contribution < 1.29 is 9.21 Å². The molecule has 0 aliphatic rings. The lowest BCUT2D eigenvalue weighted by Gasteiger charge is -2.01. The van der Waals surface area contributed by atoms with Crippen molar-refractivity contribution in [1.29, 1.82) is 0 Å². The lowest BCUT2D eigenvalue weighted by molar-refractivity contribution is 0.112. The lowest BCUT2D eigenvalue weighted by Crippen LogP contribution is -1.85. The Morgan fingerprint density at radius 2 is 1.68 bits per heavy atom. The van der Waals surface area contributed by atoms with E-state index in [4.69, 9.17) is 4.42 Å². The minimum Gasteiger partial charge on any atom is -0.461 e. The molecule has 0 bridgehead atoms. The molecule has 0 fully saturated rings. The van der Waals surface area contributed by atoms with Crippen molar-refractivity contribution in [2.75, 3.05) is 0 Å². The van der Waals surface area contributed by atoms with E-state index < -0.39 is 0 Å². The van der Waals surface area contributed by atoms with Crippen LogP contribution in [0.4, 0.5) is 0 Å². The van der Waals surface area contributed by atoms with Crippen LogP contribution in [0.15, 0.2) is 71.1 Å². The van der Waals surface area contributed by atoms with Crippen molar-refractivity contribution in [2.45, 2.75) is 6.42 Å². The standard InChI is InChI=1S/C20H14O2/c21-13-15-6-8-20-18(10-15)12-19(22-20)11-14-5-7-16-3-1-2-4-17(16)9-14/h1-10,12-13H,11H2. The highest BCUT2D eigenvalue weighted by atomic mass is 16.3. The van der Waals surface area contributed by atoms with Crippen LogP contribution < -0.4 is 0 Å². The van der Waals surface area contributed by atoms with Gasteiger partial charge in [-0.05, 0) is 40.6 Å². The van der Waals surface area contributed by atoms with Gasteiger partial charge in [0, 0.05) is 17.4 Å². The Bertz CT molecular complexity index is 979. The Labute approximate surface area is 128 Å². The molecule has 0 aliphatic heterocycles. The second kappa shape index (κ2) is 5.15. The highest BCUT2D eigenvalue weighted by Crippen LogP contribution is 2.24. The van der Waals surface area contributed by atoms with Crippen LogP contribution in [0.1, 0.15) is 21.7 Å². The van der Waals surface area contributed by atoms with Gasteiger partial charge in [-0.3, -0.25) is 4.79 Å². The van der Waals surface area contributed by atoms with Gasteiger partial charge in [-0.15, -0.1) is 0 Å². The second-order valence-electron chi connectivity index (χ2n) is 5.49. The molecule has 2 nitrogen and oxygen atoms in total. The van der Waals surface area contributed by atoms with E-state index in [1.807, 2.05) is 30.3 Å². The van der Waals surface area contributed by atoms with Crippen LogP contribution in [0.2, 0.25) is 0 Å². The maximum atomic E-state index is 10.8. The molecule has 0 N–H and O–H groups in total. The van der Waals surface area contributed by atoms with Gasteiger partial charge >= 0.3 is 0 Å². The van der Waals surface area contributed by atoms with Crippen LogP contribution in [0, 0.1) is 0 Å². The maximum Gasteiger partial charge on any atom is 0.150 e. The first kappa shape index (κ1) is 12.8. The minimum atomic E-state index is 0.672. The van der Waals surface area contributed by atoms with Gasteiger partial charge in [0.15, 0.2) is 0 Å². The number of carbonyl (C=O) groups excluding carboxylic acids is 1. The van der Waals surface area contributed by atoms with Gasteiger partial charge in [0.25, 0.3) is 0 Å². The molecule has 0 amide bonds. The van der Waals surface area contributed by atoms with Crippen LogP contribution >= 0.6 is 0 Å². The molecule has 0 spiro atoms. The van der Waals surface area contributed by atoms with E-state index in [0.717, 1.165) is 29.4 Å². The molecular weight excluding hydrogens is 272 g/mol. The number of carbonyl (C=O) groups is 1. The topological polar surface area (TPSA) is 30.2 Å². The van der Waals surface area contributed by atoms with E-state index >= 15 is 0 Å². The summed E-state index contributed by atoms with van der Waals surface area (Å²) in [5.41, 5.74) is 2.71. The Morgan fingerprint density at radius 3 is 2.55 bits per heavy atom. The molecule has 2 heteroatoms. The van der Waals surface area contributed by atoms with Crippen LogP contribution in [0.25, 0.3) is 21.7 Å². The van der Waals surface area contributed by atoms with E-state index in [1.165, 1.54) is 16.3 Å². The summed E-state index contributed by atoms with van der Waals surface area (Å²) in [5.74, 6) is 0.910. The molecule has 0 aliphatic carbocycles. The number of benzene rings is 3. The zero-order valence-corrected chi connectivity index (χ0v) is 12.0. The average molecular weight is 286 g/mol. The molecule has 0 atom stereocenters. The number of furan rings is 1. The van der Waals surface area contributed by atoms with E-state index in [9.17, 15) is 4.79 Å². The number of hydrogen-bond donors (Lipinski definition) is 0. The highest BCUT2D eigenvalue weighted by Gasteiger charge is 2.06. The Balaban J connectivity index is 1.70. The van der Waals surface area contributed by atoms with E-state index in [2.05, 4.69) is 30.3 Å². The molecular formula is C20H14O2. The highest BCUT2D eigenvalue weighted by molar-refractivity contribution is 5.86. The number of hydrogen-bond acceptors (Lipinski definition) is 2. The molecule has 3 aromatic carbocycles. The summed E-state index contributed by atoms with van der Waals surface area (Å²) in [6, 6.07) is 22.3. The molecule has 1 heterocycles. The van der Waals surface area contributed by atoms with Gasteiger partial charge in [-0.2, -0.15) is 0 Å². The summed E-state index contributed by atoms with van der Waals surface area (Å²) in [5, 5.41) is 3.45. The monoisotopic (exact) mass is 286 g/mol. The average Bonchev–Trinajstić information content (AvgIpc) is 2.95. The predicted octanol–water partition coefficient (Wildman–Crippen LogP) is 4.99. The fourth-order valence-corrected chi connectivity index (χ4v) is 2.83. The fourth-order valence-electron chi connectivity index (χ4n) is 2.83. The molecule has 106 valence electrons. The molecule has 0 radical (unpaired) electrons. The van der Waals surface area contributed by atoms with E-state index in [0.29, 0.717) is 5.56 Å². The first-order chi connectivity index (χ1) is 10.8. The van der Waals surface area contributed by atoms with Crippen molar-refractivity contribution in [3.8, 4) is 0 Å². The molecule has 0 saturated heterocycles. The first-order valence-electron chi connectivity index (χ1n) is 7.27. The Kier molecular flexibility index (Phi) is 3.01. The summed E-state index contributed by atoms with van der Waals surface area (Å²) in [4.78, 5) is 10.8. The summed E-state index contributed by atoms with van der Waals surface area (Å²) in [7, 11) is 0. The molecule has 22 heavy (non-hydrogen) atoms. The van der Waals surface area contributed by atoms with Crippen molar-refractivity contribution in [1.82, 2.24) is 0 Å². The summed E-state index contributed by atoms with van der Waals surface area (Å²) in [6.45, 7) is 0. The third kappa shape index (κ3) is 2.29. The van der Waals surface area contributed by atoms with Crippen LogP contribution in [-0.2, 0) is 6.42 Å². The first-order valence-corrected chi connectivity index (χ1v) is 7.27. The lowest BCUT2D eigenvalue weighted by atomic mass is 10.0. The summed E-state index contributed by atoms with van der Waals surface area (Å²) in [6.07, 6.45) is 1.60. The maximum absolute atomic E-state index is 10.8. The van der Waals surface area contributed by atoms with E-state index in [-0.39, 0.29) is 0 Å². The van der Waals surface area contributed by atoms with Gasteiger partial charge < -0.3 is 4.42 Å². The molecule has 4 aromatic rings. The quantitative estimate of drug-likeness (QED) is 0.497. The van der Waals surface area contributed by atoms with Crippen molar-refractivity contribution in [2.24, 2.45) is 0 Å². The smallest absolute Gasteiger partial charge is 0.150 e. The number of fused-ring (bicyclic) bond motifs is 2. The van der Waals surface area contributed by atoms with Crippen molar-refractivity contribution in [3.05, 3.63) is 83.6 Å². The fraction of sp³-hybridized carbons (Fsp3) is 0.0500. The largest absolute Gasteiger partial charge is 0.461 e. The van der Waals surface area contributed by atoms with Crippen LogP contribution in [0.5, 0.6) is 0 Å². The Morgan fingerprint density at radius 1 is 0.818 bits per heavy atom. The van der Waals surface area contributed by atoms with Gasteiger partial charge in [0.05, 0.1) is 0 Å². The third-order valence-corrected chi connectivity index (χ3v) is 3.92. The van der Waals surface area contributed by atoms with Crippen molar-refractivity contribution in [3.63, 3.8) is 0 Å². The third-order valence-electron chi connectivity index (χ3n) is 3.92.